The first-order chi connectivity index (χ1) is 8.99. The number of nitrogens with one attached hydrogen (secondary N) is 1. The molecule has 2 rings (SSSR count). The lowest BCUT2D eigenvalue weighted by Crippen LogP contribution is -2.14. The number of benzene rings is 1. The summed E-state index contributed by atoms with van der Waals surface area (Å²) in [4.78, 5) is 3.54. The normalized spacial score (nSPS) is 12.5. The molecule has 0 amide bonds. The van der Waals surface area contributed by atoms with Gasteiger partial charge in [0.25, 0.3) is 0 Å². The van der Waals surface area contributed by atoms with Gasteiger partial charge in [-0.3, -0.25) is 0 Å². The smallest absolute Gasteiger partial charge is 0.0245 e. The Balaban J connectivity index is 2.19. The first kappa shape index (κ1) is 13.7. The Morgan fingerprint density at radius 3 is 2.26 bits per heavy atom. The molecule has 19 heavy (non-hydrogen) atoms. The largest absolute Gasteiger partial charge is 0.361 e. The lowest BCUT2D eigenvalue weighted by molar-refractivity contribution is 0.645. The van der Waals surface area contributed by atoms with Gasteiger partial charge < -0.3 is 4.98 Å². The maximum Gasteiger partial charge on any atom is 0.0245 e. The predicted molar refractivity (Wildman–Crippen MR) is 83.4 cm³/mol. The zero-order valence-corrected chi connectivity index (χ0v) is 12.3. The molecule has 0 saturated carbocycles. The van der Waals surface area contributed by atoms with Crippen LogP contribution in [0.2, 0.25) is 0 Å². The number of hydrogen-bond acceptors (Lipinski definition) is 0. The van der Waals surface area contributed by atoms with Crippen LogP contribution in [0, 0.1) is 0 Å². The Morgan fingerprint density at radius 2 is 1.68 bits per heavy atom. The third-order valence-corrected chi connectivity index (χ3v) is 3.52. The Labute approximate surface area is 116 Å². The summed E-state index contributed by atoms with van der Waals surface area (Å²) in [6, 6.07) is 14.8. The van der Waals surface area contributed by atoms with E-state index in [1.807, 2.05) is 6.07 Å². The third kappa shape index (κ3) is 3.37. The van der Waals surface area contributed by atoms with Crippen molar-refractivity contribution in [2.24, 2.45) is 0 Å². The lowest BCUT2D eigenvalue weighted by atomic mass is 9.88. The fourth-order valence-electron chi connectivity index (χ4n) is 2.08. The molecular formula is C18H23N. The Morgan fingerprint density at radius 1 is 1.00 bits per heavy atom. The second kappa shape index (κ2) is 5.48. The van der Waals surface area contributed by atoms with E-state index < -0.39 is 0 Å². The number of aromatic nitrogens is 1. The number of rotatable bonds is 4. The molecule has 1 heteroatoms. The van der Waals surface area contributed by atoms with Crippen LogP contribution >= 0.6 is 0 Å². The molecule has 1 aromatic heterocycles. The molecule has 0 saturated heterocycles. The summed E-state index contributed by atoms with van der Waals surface area (Å²) in [5.41, 5.74) is 3.83. The van der Waals surface area contributed by atoms with E-state index in [-0.39, 0.29) is 5.41 Å². The molecule has 0 aliphatic heterocycles. The van der Waals surface area contributed by atoms with Crippen molar-refractivity contribution in [2.45, 2.75) is 39.0 Å². The Bertz CT molecular complexity index is 544. The lowest BCUT2D eigenvalue weighted by Gasteiger charge is -2.19. The monoisotopic (exact) mass is 253 g/mol. The van der Waals surface area contributed by atoms with Gasteiger partial charge in [0.05, 0.1) is 0 Å². The number of H-pyrrole nitrogens is 1. The van der Waals surface area contributed by atoms with E-state index in [1.54, 1.807) is 0 Å². The van der Waals surface area contributed by atoms with Crippen LogP contribution in [-0.4, -0.2) is 4.98 Å². The zero-order valence-electron chi connectivity index (χ0n) is 12.3. The summed E-state index contributed by atoms with van der Waals surface area (Å²) in [6.07, 6.45) is 4.45. The Kier molecular flexibility index (Phi) is 3.94. The van der Waals surface area contributed by atoms with Crippen LogP contribution in [0.3, 0.4) is 0 Å². The van der Waals surface area contributed by atoms with Gasteiger partial charge >= 0.3 is 0 Å². The maximum atomic E-state index is 3.54. The summed E-state index contributed by atoms with van der Waals surface area (Å²) in [7, 11) is 0. The molecule has 1 N–H and O–H groups in total. The van der Waals surface area contributed by atoms with E-state index in [9.17, 15) is 0 Å². The maximum absolute atomic E-state index is 3.54. The van der Waals surface area contributed by atoms with E-state index >= 15 is 0 Å². The predicted octanol–water partition coefficient (Wildman–Crippen LogP) is 5.13. The molecule has 1 nitrogen and oxygen atoms in total. The highest BCUT2D eigenvalue weighted by Crippen LogP contribution is 2.26. The molecule has 1 aromatic carbocycles. The van der Waals surface area contributed by atoms with E-state index in [2.05, 4.69) is 81.2 Å². The van der Waals surface area contributed by atoms with Crippen LogP contribution in [0.5, 0.6) is 0 Å². The van der Waals surface area contributed by atoms with Crippen molar-refractivity contribution in [3.63, 3.8) is 0 Å². The second-order valence-electron chi connectivity index (χ2n) is 5.95. The highest BCUT2D eigenvalue weighted by Gasteiger charge is 2.19. The minimum absolute atomic E-state index is 0.0168. The molecule has 1 heterocycles. The molecule has 0 fully saturated rings. The first-order valence-electron chi connectivity index (χ1n) is 6.93. The Hall–Kier alpha value is -1.76. The van der Waals surface area contributed by atoms with Crippen molar-refractivity contribution in [2.75, 3.05) is 0 Å². The first-order valence-corrected chi connectivity index (χ1v) is 6.93. The van der Waals surface area contributed by atoms with Crippen LogP contribution in [0.1, 0.15) is 50.6 Å². The van der Waals surface area contributed by atoms with Crippen molar-refractivity contribution in [1.29, 1.82) is 0 Å². The SMILES string of the molecule is CC(C)c1ccc(C(C)(C)/C=C/c2ccccc2)[nH]1. The van der Waals surface area contributed by atoms with Crippen molar-refractivity contribution in [3.05, 3.63) is 65.5 Å². The van der Waals surface area contributed by atoms with Crippen LogP contribution in [0.25, 0.3) is 6.08 Å². The van der Waals surface area contributed by atoms with Gasteiger partial charge in [-0.2, -0.15) is 0 Å². The van der Waals surface area contributed by atoms with Crippen molar-refractivity contribution in [1.82, 2.24) is 4.98 Å². The van der Waals surface area contributed by atoms with Crippen molar-refractivity contribution < 1.29 is 0 Å². The van der Waals surface area contributed by atoms with Gasteiger partial charge in [-0.15, -0.1) is 0 Å². The standard InChI is InChI=1S/C18H23N/c1-14(2)16-10-11-17(19-16)18(3,4)13-12-15-8-6-5-7-9-15/h5-14,19H,1-4H3/b13-12+. The van der Waals surface area contributed by atoms with Gasteiger partial charge in [-0.25, -0.2) is 0 Å². The second-order valence-corrected chi connectivity index (χ2v) is 5.95. The topological polar surface area (TPSA) is 15.8 Å². The zero-order chi connectivity index (χ0) is 13.9. The van der Waals surface area contributed by atoms with Crippen LogP contribution in [-0.2, 0) is 5.41 Å². The number of allylic oxidation sites excluding steroid dienone is 1. The van der Waals surface area contributed by atoms with Gasteiger partial charge in [0.1, 0.15) is 0 Å². The summed E-state index contributed by atoms with van der Waals surface area (Å²) in [5, 5.41) is 0. The molecule has 0 aliphatic carbocycles. The summed E-state index contributed by atoms with van der Waals surface area (Å²) < 4.78 is 0. The highest BCUT2D eigenvalue weighted by molar-refractivity contribution is 5.51. The minimum Gasteiger partial charge on any atom is -0.361 e. The van der Waals surface area contributed by atoms with Gasteiger partial charge in [0.2, 0.25) is 0 Å². The van der Waals surface area contributed by atoms with Crippen LogP contribution in [0.15, 0.2) is 48.5 Å². The highest BCUT2D eigenvalue weighted by atomic mass is 14.7. The van der Waals surface area contributed by atoms with Crippen molar-refractivity contribution >= 4 is 6.08 Å². The number of hydrogen-bond donors (Lipinski definition) is 1. The molecule has 0 atom stereocenters. The molecule has 0 unspecified atom stereocenters. The molecular weight excluding hydrogens is 230 g/mol. The van der Waals surface area contributed by atoms with E-state index in [4.69, 9.17) is 0 Å². The van der Waals surface area contributed by atoms with Gasteiger partial charge in [-0.05, 0) is 23.6 Å². The summed E-state index contributed by atoms with van der Waals surface area (Å²) >= 11 is 0. The fourth-order valence-corrected chi connectivity index (χ4v) is 2.08. The van der Waals surface area contributed by atoms with E-state index in [0.29, 0.717) is 5.92 Å². The average Bonchev–Trinajstić information content (AvgIpc) is 2.88. The summed E-state index contributed by atoms with van der Waals surface area (Å²) in [5.74, 6) is 0.544. The molecule has 2 aromatic rings. The molecule has 0 radical (unpaired) electrons. The average molecular weight is 253 g/mol. The molecule has 0 bridgehead atoms. The molecule has 0 aliphatic rings. The van der Waals surface area contributed by atoms with E-state index in [1.165, 1.54) is 17.0 Å². The molecule has 0 spiro atoms. The van der Waals surface area contributed by atoms with Gasteiger partial charge in [0, 0.05) is 16.8 Å². The third-order valence-electron chi connectivity index (χ3n) is 3.52. The van der Waals surface area contributed by atoms with E-state index in [0.717, 1.165) is 0 Å². The summed E-state index contributed by atoms with van der Waals surface area (Å²) in [6.45, 7) is 8.90. The van der Waals surface area contributed by atoms with Crippen LogP contribution < -0.4 is 0 Å². The van der Waals surface area contributed by atoms with Crippen LogP contribution in [0.4, 0.5) is 0 Å². The van der Waals surface area contributed by atoms with Gasteiger partial charge in [-0.1, -0.05) is 70.2 Å². The number of aromatic amines is 1. The quantitative estimate of drug-likeness (QED) is 0.777. The van der Waals surface area contributed by atoms with Gasteiger partial charge in [0.15, 0.2) is 0 Å². The fraction of sp³-hybridized carbons (Fsp3) is 0.333. The van der Waals surface area contributed by atoms with Crippen molar-refractivity contribution in [3.8, 4) is 0 Å². The minimum atomic E-state index is 0.0168. The molecule has 100 valence electrons.